The van der Waals surface area contributed by atoms with Crippen LogP contribution in [-0.4, -0.2) is 44.8 Å². The summed E-state index contributed by atoms with van der Waals surface area (Å²) in [6.45, 7) is 8.39. The zero-order valence-electron chi connectivity index (χ0n) is 13.6. The molecule has 1 fully saturated rings. The molecule has 1 heterocycles. The van der Waals surface area contributed by atoms with Crippen molar-refractivity contribution in [2.24, 2.45) is 5.92 Å². The SMILES string of the molecule is CCNCCc1ccc(CN(C)CC2CCOCC2)cc1. The van der Waals surface area contributed by atoms with Crippen LogP contribution in [-0.2, 0) is 17.7 Å². The molecule has 118 valence electrons. The first-order valence-corrected chi connectivity index (χ1v) is 8.32. The van der Waals surface area contributed by atoms with Gasteiger partial charge in [-0.1, -0.05) is 31.2 Å². The Balaban J connectivity index is 1.73. The Morgan fingerprint density at radius 1 is 1.14 bits per heavy atom. The zero-order chi connectivity index (χ0) is 14.9. The molecule has 0 atom stereocenters. The standard InChI is InChI=1S/C18H30N2O/c1-3-19-11-8-16-4-6-17(7-5-16)14-20(2)15-18-9-12-21-13-10-18/h4-7,18-19H,3,8-15H2,1-2H3. The quantitative estimate of drug-likeness (QED) is 0.745. The fourth-order valence-corrected chi connectivity index (χ4v) is 2.97. The van der Waals surface area contributed by atoms with Crippen LogP contribution in [0.25, 0.3) is 0 Å². The average Bonchev–Trinajstić information content (AvgIpc) is 2.50. The van der Waals surface area contributed by atoms with Crippen LogP contribution in [0.15, 0.2) is 24.3 Å². The maximum absolute atomic E-state index is 5.43. The van der Waals surface area contributed by atoms with Gasteiger partial charge >= 0.3 is 0 Å². The van der Waals surface area contributed by atoms with Gasteiger partial charge in [0.1, 0.15) is 0 Å². The van der Waals surface area contributed by atoms with Crippen LogP contribution in [0.4, 0.5) is 0 Å². The highest BCUT2D eigenvalue weighted by atomic mass is 16.5. The molecule has 0 unspecified atom stereocenters. The van der Waals surface area contributed by atoms with Crippen molar-refractivity contribution in [3.63, 3.8) is 0 Å². The van der Waals surface area contributed by atoms with Crippen molar-refractivity contribution >= 4 is 0 Å². The van der Waals surface area contributed by atoms with E-state index in [1.54, 1.807) is 0 Å². The Hall–Kier alpha value is -0.900. The lowest BCUT2D eigenvalue weighted by molar-refractivity contribution is 0.0549. The molecule has 1 N–H and O–H groups in total. The zero-order valence-corrected chi connectivity index (χ0v) is 13.6. The van der Waals surface area contributed by atoms with E-state index in [2.05, 4.69) is 48.5 Å². The number of benzene rings is 1. The number of hydrogen-bond acceptors (Lipinski definition) is 3. The van der Waals surface area contributed by atoms with E-state index in [-0.39, 0.29) is 0 Å². The smallest absolute Gasteiger partial charge is 0.0469 e. The van der Waals surface area contributed by atoms with Gasteiger partial charge in [-0.15, -0.1) is 0 Å². The highest BCUT2D eigenvalue weighted by Gasteiger charge is 2.15. The lowest BCUT2D eigenvalue weighted by Gasteiger charge is -2.27. The highest BCUT2D eigenvalue weighted by molar-refractivity contribution is 5.22. The lowest BCUT2D eigenvalue weighted by Crippen LogP contribution is -2.29. The molecule has 0 spiro atoms. The Kier molecular flexibility index (Phi) is 7.20. The van der Waals surface area contributed by atoms with Crippen LogP contribution in [0.2, 0.25) is 0 Å². The molecule has 21 heavy (non-hydrogen) atoms. The van der Waals surface area contributed by atoms with Crippen LogP contribution in [0.3, 0.4) is 0 Å². The first-order chi connectivity index (χ1) is 10.3. The molecule has 1 aromatic carbocycles. The molecule has 0 amide bonds. The molecular formula is C18H30N2O. The molecule has 1 saturated heterocycles. The molecule has 1 aliphatic heterocycles. The van der Waals surface area contributed by atoms with E-state index >= 15 is 0 Å². The van der Waals surface area contributed by atoms with Gasteiger partial charge in [0, 0.05) is 26.3 Å². The first kappa shape index (κ1) is 16.5. The lowest BCUT2D eigenvalue weighted by atomic mass is 9.99. The fraction of sp³-hybridized carbons (Fsp3) is 0.667. The second kappa shape index (κ2) is 9.19. The molecule has 0 saturated carbocycles. The topological polar surface area (TPSA) is 24.5 Å². The van der Waals surface area contributed by atoms with E-state index in [0.717, 1.165) is 45.2 Å². The molecule has 0 bridgehead atoms. The van der Waals surface area contributed by atoms with E-state index in [1.165, 1.54) is 30.5 Å². The minimum Gasteiger partial charge on any atom is -0.381 e. The summed E-state index contributed by atoms with van der Waals surface area (Å²) in [4.78, 5) is 2.45. The number of hydrogen-bond donors (Lipinski definition) is 1. The highest BCUT2D eigenvalue weighted by Crippen LogP contribution is 2.16. The Labute approximate surface area is 129 Å². The van der Waals surface area contributed by atoms with Crippen LogP contribution in [0.5, 0.6) is 0 Å². The second-order valence-electron chi connectivity index (χ2n) is 6.17. The Morgan fingerprint density at radius 2 is 1.81 bits per heavy atom. The number of nitrogens with zero attached hydrogens (tertiary/aromatic N) is 1. The van der Waals surface area contributed by atoms with Crippen molar-refractivity contribution in [3.05, 3.63) is 35.4 Å². The summed E-state index contributed by atoms with van der Waals surface area (Å²) in [5.74, 6) is 0.808. The molecule has 0 aliphatic carbocycles. The molecule has 0 radical (unpaired) electrons. The summed E-state index contributed by atoms with van der Waals surface area (Å²) in [6, 6.07) is 9.10. The van der Waals surface area contributed by atoms with Gasteiger partial charge in [0.2, 0.25) is 0 Å². The normalized spacial score (nSPS) is 16.5. The number of ether oxygens (including phenoxy) is 1. The van der Waals surface area contributed by atoms with Gasteiger partial charge < -0.3 is 15.0 Å². The second-order valence-corrected chi connectivity index (χ2v) is 6.17. The van der Waals surface area contributed by atoms with Crippen LogP contribution >= 0.6 is 0 Å². The van der Waals surface area contributed by atoms with Gasteiger partial charge in [-0.05, 0) is 56.4 Å². The predicted octanol–water partition coefficient (Wildman–Crippen LogP) is 2.70. The third-order valence-electron chi connectivity index (χ3n) is 4.23. The third kappa shape index (κ3) is 6.16. The van der Waals surface area contributed by atoms with Crippen LogP contribution in [0.1, 0.15) is 30.9 Å². The van der Waals surface area contributed by atoms with Crippen molar-refractivity contribution < 1.29 is 4.74 Å². The van der Waals surface area contributed by atoms with E-state index < -0.39 is 0 Å². The maximum Gasteiger partial charge on any atom is 0.0469 e. The van der Waals surface area contributed by atoms with Crippen LogP contribution in [0, 0.1) is 5.92 Å². The minimum absolute atomic E-state index is 0.808. The van der Waals surface area contributed by atoms with Gasteiger partial charge in [-0.3, -0.25) is 0 Å². The molecular weight excluding hydrogens is 260 g/mol. The molecule has 1 aromatic rings. The fourth-order valence-electron chi connectivity index (χ4n) is 2.97. The summed E-state index contributed by atoms with van der Waals surface area (Å²) in [7, 11) is 2.23. The number of rotatable bonds is 8. The minimum atomic E-state index is 0.808. The maximum atomic E-state index is 5.43. The Bertz CT molecular complexity index is 385. The van der Waals surface area contributed by atoms with E-state index in [0.29, 0.717) is 0 Å². The summed E-state index contributed by atoms with van der Waals surface area (Å²) >= 11 is 0. The van der Waals surface area contributed by atoms with Gasteiger partial charge in [0.25, 0.3) is 0 Å². The molecule has 2 rings (SSSR count). The van der Waals surface area contributed by atoms with Gasteiger partial charge in [0.15, 0.2) is 0 Å². The van der Waals surface area contributed by atoms with Gasteiger partial charge in [0.05, 0.1) is 0 Å². The largest absolute Gasteiger partial charge is 0.381 e. The van der Waals surface area contributed by atoms with E-state index in [1.807, 2.05) is 0 Å². The van der Waals surface area contributed by atoms with Gasteiger partial charge in [-0.25, -0.2) is 0 Å². The molecule has 1 aliphatic rings. The summed E-state index contributed by atoms with van der Waals surface area (Å²) < 4.78 is 5.43. The van der Waals surface area contributed by atoms with Crippen LogP contribution < -0.4 is 5.32 Å². The molecule has 0 aromatic heterocycles. The average molecular weight is 290 g/mol. The van der Waals surface area contributed by atoms with Crippen molar-refractivity contribution in [1.82, 2.24) is 10.2 Å². The molecule has 3 heteroatoms. The summed E-state index contributed by atoms with van der Waals surface area (Å²) in [5, 5.41) is 3.37. The van der Waals surface area contributed by atoms with E-state index in [9.17, 15) is 0 Å². The monoisotopic (exact) mass is 290 g/mol. The molecule has 3 nitrogen and oxygen atoms in total. The summed E-state index contributed by atoms with van der Waals surface area (Å²) in [5.41, 5.74) is 2.84. The first-order valence-electron chi connectivity index (χ1n) is 8.32. The number of nitrogens with one attached hydrogen (secondary N) is 1. The van der Waals surface area contributed by atoms with Gasteiger partial charge in [-0.2, -0.15) is 0 Å². The Morgan fingerprint density at radius 3 is 2.48 bits per heavy atom. The summed E-state index contributed by atoms with van der Waals surface area (Å²) in [6.07, 6.45) is 3.55. The van der Waals surface area contributed by atoms with E-state index in [4.69, 9.17) is 4.74 Å². The third-order valence-corrected chi connectivity index (χ3v) is 4.23. The predicted molar refractivity (Wildman–Crippen MR) is 88.6 cm³/mol. The van der Waals surface area contributed by atoms with Crippen molar-refractivity contribution in [2.45, 2.75) is 32.7 Å². The van der Waals surface area contributed by atoms with Crippen molar-refractivity contribution in [1.29, 1.82) is 0 Å². The van der Waals surface area contributed by atoms with Crippen molar-refractivity contribution in [3.8, 4) is 0 Å². The number of likely N-dealkylation sites (N-methyl/N-ethyl adjacent to an activating group) is 1. The van der Waals surface area contributed by atoms with Crippen molar-refractivity contribution in [2.75, 3.05) is 39.9 Å².